The summed E-state index contributed by atoms with van der Waals surface area (Å²) in [6, 6.07) is 3.39. The molecule has 6 nitrogen and oxygen atoms in total. The van der Waals surface area contributed by atoms with E-state index in [1.165, 1.54) is 6.20 Å². The summed E-state index contributed by atoms with van der Waals surface area (Å²) in [6.07, 6.45) is 6.59. The summed E-state index contributed by atoms with van der Waals surface area (Å²) in [5.74, 6) is -0.318. The summed E-state index contributed by atoms with van der Waals surface area (Å²) in [4.78, 5) is 27.5. The topological polar surface area (TPSA) is 97.1 Å². The van der Waals surface area contributed by atoms with Crippen LogP contribution in [0, 0.1) is 0 Å². The van der Waals surface area contributed by atoms with Gasteiger partial charge >= 0.3 is 0 Å². The summed E-state index contributed by atoms with van der Waals surface area (Å²) < 4.78 is 0. The van der Waals surface area contributed by atoms with Gasteiger partial charge in [-0.3, -0.25) is 14.6 Å². The predicted molar refractivity (Wildman–Crippen MR) is 75.0 cm³/mol. The number of nitrogens with one attached hydrogen (secondary N) is 2. The van der Waals surface area contributed by atoms with Gasteiger partial charge in [0.1, 0.15) is 0 Å². The lowest BCUT2D eigenvalue weighted by Crippen LogP contribution is -2.53. The number of rotatable bonds is 5. The Hall–Kier alpha value is -1.95. The van der Waals surface area contributed by atoms with E-state index in [1.54, 1.807) is 18.3 Å². The second-order valence-electron chi connectivity index (χ2n) is 5.12. The molecule has 6 heteroatoms. The zero-order chi connectivity index (χ0) is 14.4. The van der Waals surface area contributed by atoms with Crippen molar-refractivity contribution in [1.82, 2.24) is 15.6 Å². The van der Waals surface area contributed by atoms with Gasteiger partial charge in [-0.2, -0.15) is 0 Å². The molecule has 0 bridgehead atoms. The molecule has 0 aromatic carbocycles. The van der Waals surface area contributed by atoms with Crippen LogP contribution in [0.15, 0.2) is 24.5 Å². The Labute approximate surface area is 118 Å². The molecular weight excluding hydrogens is 256 g/mol. The fourth-order valence-electron chi connectivity index (χ4n) is 2.36. The first-order valence-corrected chi connectivity index (χ1v) is 6.87. The molecule has 0 spiro atoms. The van der Waals surface area contributed by atoms with Crippen LogP contribution in [0.1, 0.15) is 36.0 Å². The minimum atomic E-state index is -0.715. The van der Waals surface area contributed by atoms with Gasteiger partial charge in [0.15, 0.2) is 0 Å². The Morgan fingerprint density at radius 3 is 2.60 bits per heavy atom. The molecule has 0 saturated heterocycles. The number of pyridine rings is 1. The first-order valence-electron chi connectivity index (χ1n) is 6.87. The molecule has 0 radical (unpaired) electrons. The lowest BCUT2D eigenvalue weighted by atomic mass is 9.98. The zero-order valence-corrected chi connectivity index (χ0v) is 11.4. The van der Waals surface area contributed by atoms with Crippen molar-refractivity contribution in [3.63, 3.8) is 0 Å². The summed E-state index contributed by atoms with van der Waals surface area (Å²) in [6.45, 7) is 0.749. The van der Waals surface area contributed by atoms with E-state index in [4.69, 9.17) is 5.73 Å². The number of aromatic nitrogens is 1. The van der Waals surface area contributed by atoms with Gasteiger partial charge in [-0.25, -0.2) is 0 Å². The van der Waals surface area contributed by atoms with Crippen LogP contribution in [0.3, 0.4) is 0 Å². The maximum absolute atomic E-state index is 11.9. The maximum atomic E-state index is 11.9. The van der Waals surface area contributed by atoms with E-state index in [-0.39, 0.29) is 11.8 Å². The fourth-order valence-corrected chi connectivity index (χ4v) is 2.36. The summed E-state index contributed by atoms with van der Waals surface area (Å²) in [5, 5.41) is 5.50. The van der Waals surface area contributed by atoms with E-state index in [0.29, 0.717) is 18.7 Å². The van der Waals surface area contributed by atoms with Crippen molar-refractivity contribution >= 4 is 11.8 Å². The number of carbonyl (C=O) groups is 2. The van der Waals surface area contributed by atoms with Crippen molar-refractivity contribution in [1.29, 1.82) is 0 Å². The van der Waals surface area contributed by atoms with Gasteiger partial charge in [0, 0.05) is 25.5 Å². The average molecular weight is 276 g/mol. The van der Waals surface area contributed by atoms with Gasteiger partial charge < -0.3 is 16.4 Å². The molecule has 20 heavy (non-hydrogen) atoms. The molecule has 1 aliphatic carbocycles. The molecule has 0 aliphatic heterocycles. The van der Waals surface area contributed by atoms with Crippen LogP contribution in [0.2, 0.25) is 0 Å². The number of amides is 2. The minimum Gasteiger partial charge on any atom is -0.353 e. The monoisotopic (exact) mass is 276 g/mol. The van der Waals surface area contributed by atoms with Crippen molar-refractivity contribution in [2.75, 3.05) is 13.1 Å². The molecule has 1 aromatic rings. The van der Waals surface area contributed by atoms with Gasteiger partial charge in [0.2, 0.25) is 5.91 Å². The SMILES string of the molecule is NC1(C(=O)NCCNC(=O)c2cccnc2)CCCC1. The average Bonchev–Trinajstić information content (AvgIpc) is 2.92. The van der Waals surface area contributed by atoms with Crippen LogP contribution in [-0.2, 0) is 4.79 Å². The Bertz CT molecular complexity index is 469. The van der Waals surface area contributed by atoms with Crippen LogP contribution < -0.4 is 16.4 Å². The quantitative estimate of drug-likeness (QED) is 0.669. The second-order valence-corrected chi connectivity index (χ2v) is 5.12. The standard InChI is InChI=1S/C14H20N4O2/c15-14(5-1-2-6-14)13(20)18-9-8-17-12(19)11-4-3-7-16-10-11/h3-4,7,10H,1-2,5-6,8-9,15H2,(H,17,19)(H,18,20). The number of nitrogens with zero attached hydrogens (tertiary/aromatic N) is 1. The highest BCUT2D eigenvalue weighted by Crippen LogP contribution is 2.26. The van der Waals surface area contributed by atoms with Crippen LogP contribution in [0.5, 0.6) is 0 Å². The third kappa shape index (κ3) is 3.54. The van der Waals surface area contributed by atoms with Crippen LogP contribution in [0.25, 0.3) is 0 Å². The third-order valence-corrected chi connectivity index (χ3v) is 3.57. The van der Waals surface area contributed by atoms with Crippen molar-refractivity contribution in [3.05, 3.63) is 30.1 Å². The van der Waals surface area contributed by atoms with Crippen molar-refractivity contribution in [2.45, 2.75) is 31.2 Å². The lowest BCUT2D eigenvalue weighted by Gasteiger charge is -2.22. The number of nitrogens with two attached hydrogens (primary N) is 1. The van der Waals surface area contributed by atoms with E-state index < -0.39 is 5.54 Å². The van der Waals surface area contributed by atoms with E-state index in [2.05, 4.69) is 15.6 Å². The molecule has 0 unspecified atom stereocenters. The molecular formula is C14H20N4O2. The van der Waals surface area contributed by atoms with E-state index in [1.807, 2.05) is 0 Å². The first kappa shape index (κ1) is 14.5. The van der Waals surface area contributed by atoms with Crippen LogP contribution in [-0.4, -0.2) is 35.4 Å². The van der Waals surface area contributed by atoms with Gasteiger partial charge in [0.05, 0.1) is 11.1 Å². The molecule has 1 aromatic heterocycles. The highest BCUT2D eigenvalue weighted by Gasteiger charge is 2.36. The van der Waals surface area contributed by atoms with Crippen molar-refractivity contribution in [2.24, 2.45) is 5.73 Å². The molecule has 2 rings (SSSR count). The number of carbonyl (C=O) groups excluding carboxylic acids is 2. The fraction of sp³-hybridized carbons (Fsp3) is 0.500. The van der Waals surface area contributed by atoms with Gasteiger partial charge in [-0.1, -0.05) is 12.8 Å². The molecule has 2 amide bonds. The Morgan fingerprint density at radius 1 is 1.25 bits per heavy atom. The smallest absolute Gasteiger partial charge is 0.252 e. The van der Waals surface area contributed by atoms with Gasteiger partial charge in [-0.05, 0) is 25.0 Å². The van der Waals surface area contributed by atoms with E-state index in [0.717, 1.165) is 25.7 Å². The summed E-state index contributed by atoms with van der Waals surface area (Å²) >= 11 is 0. The minimum absolute atomic E-state index is 0.120. The third-order valence-electron chi connectivity index (χ3n) is 3.57. The van der Waals surface area contributed by atoms with Crippen molar-refractivity contribution < 1.29 is 9.59 Å². The van der Waals surface area contributed by atoms with Crippen molar-refractivity contribution in [3.8, 4) is 0 Å². The molecule has 4 N–H and O–H groups in total. The van der Waals surface area contributed by atoms with E-state index >= 15 is 0 Å². The lowest BCUT2D eigenvalue weighted by molar-refractivity contribution is -0.126. The van der Waals surface area contributed by atoms with Crippen LogP contribution >= 0.6 is 0 Å². The normalized spacial score (nSPS) is 16.6. The van der Waals surface area contributed by atoms with Gasteiger partial charge in [-0.15, -0.1) is 0 Å². The Morgan fingerprint density at radius 2 is 1.95 bits per heavy atom. The second kappa shape index (κ2) is 6.47. The van der Waals surface area contributed by atoms with E-state index in [9.17, 15) is 9.59 Å². The van der Waals surface area contributed by atoms with Gasteiger partial charge in [0.25, 0.3) is 5.91 Å². The molecule has 1 saturated carbocycles. The predicted octanol–water partition coefficient (Wildman–Crippen LogP) is 0.199. The number of hydrogen-bond donors (Lipinski definition) is 3. The summed E-state index contributed by atoms with van der Waals surface area (Å²) in [5.41, 5.74) is 5.82. The highest BCUT2D eigenvalue weighted by molar-refractivity contribution is 5.93. The highest BCUT2D eigenvalue weighted by atomic mass is 16.2. The molecule has 1 fully saturated rings. The first-order chi connectivity index (χ1) is 9.62. The largest absolute Gasteiger partial charge is 0.353 e. The zero-order valence-electron chi connectivity index (χ0n) is 11.4. The molecule has 0 atom stereocenters. The molecule has 1 heterocycles. The Kier molecular flexibility index (Phi) is 4.68. The number of hydrogen-bond acceptors (Lipinski definition) is 4. The maximum Gasteiger partial charge on any atom is 0.252 e. The molecule has 108 valence electrons. The summed E-state index contributed by atoms with van der Waals surface area (Å²) in [7, 11) is 0. The molecule has 1 aliphatic rings. The van der Waals surface area contributed by atoms with Crippen LogP contribution in [0.4, 0.5) is 0 Å². The Balaban J connectivity index is 1.69.